The van der Waals surface area contributed by atoms with E-state index in [-0.39, 0.29) is 5.92 Å². The Morgan fingerprint density at radius 1 is 1.35 bits per heavy atom. The molecular weight excluding hydrogens is 248 g/mol. The first-order valence-corrected chi connectivity index (χ1v) is 7.81. The molecule has 1 saturated carbocycles. The second-order valence-electron chi connectivity index (χ2n) is 6.26. The number of aryl methyl sites for hydroxylation is 2. The van der Waals surface area contributed by atoms with Crippen LogP contribution in [0.2, 0.25) is 0 Å². The second-order valence-corrected chi connectivity index (χ2v) is 6.26. The van der Waals surface area contributed by atoms with Crippen LogP contribution in [-0.2, 0) is 11.2 Å². The number of carbonyl (C=O) groups excluding carboxylic acids is 1. The minimum atomic E-state index is 0.146. The van der Waals surface area contributed by atoms with E-state index < -0.39 is 0 Å². The Balaban J connectivity index is 1.87. The van der Waals surface area contributed by atoms with Crippen molar-refractivity contribution in [3.05, 3.63) is 29.3 Å². The number of amides is 1. The van der Waals surface area contributed by atoms with Crippen LogP contribution in [0.5, 0.6) is 0 Å². The Kier molecular flexibility index (Phi) is 3.79. The van der Waals surface area contributed by atoms with Crippen molar-refractivity contribution in [2.45, 2.75) is 39.0 Å². The zero-order valence-electron chi connectivity index (χ0n) is 12.3. The van der Waals surface area contributed by atoms with Crippen LogP contribution in [0.4, 0.5) is 5.69 Å². The fraction of sp³-hybridized carbons (Fsp3) is 0.588. The molecule has 0 aromatic heterocycles. The molecule has 3 heteroatoms. The van der Waals surface area contributed by atoms with Crippen molar-refractivity contribution < 1.29 is 4.79 Å². The third-order valence-corrected chi connectivity index (χ3v) is 4.90. The number of rotatable bonds is 2. The predicted octanol–water partition coefficient (Wildman–Crippen LogP) is 2.65. The molecule has 0 spiro atoms. The second kappa shape index (κ2) is 5.57. The van der Waals surface area contributed by atoms with E-state index in [9.17, 15) is 4.79 Å². The summed E-state index contributed by atoms with van der Waals surface area (Å²) in [5.74, 6) is 0.841. The number of carbonyl (C=O) groups is 1. The summed E-state index contributed by atoms with van der Waals surface area (Å²) in [6, 6.07) is 6.46. The Morgan fingerprint density at radius 2 is 2.20 bits per heavy atom. The number of nitrogens with zero attached hydrogens (tertiary/aromatic N) is 1. The van der Waals surface area contributed by atoms with Crippen molar-refractivity contribution in [3.8, 4) is 0 Å². The lowest BCUT2D eigenvalue weighted by Gasteiger charge is -2.33. The van der Waals surface area contributed by atoms with E-state index in [0.717, 1.165) is 44.3 Å². The first kappa shape index (κ1) is 13.6. The van der Waals surface area contributed by atoms with E-state index in [0.29, 0.717) is 18.4 Å². The van der Waals surface area contributed by atoms with E-state index in [1.807, 2.05) is 4.90 Å². The summed E-state index contributed by atoms with van der Waals surface area (Å²) in [6.45, 7) is 3.62. The first-order chi connectivity index (χ1) is 9.70. The summed E-state index contributed by atoms with van der Waals surface area (Å²) in [6.07, 6.45) is 5.43. The molecule has 1 amide bonds. The standard InChI is InChI=1S/C17H24N2O/c1-12-7-8-16-13(10-12)5-3-9-19(16)17(20)15-6-2-4-14(15)11-18/h7-8,10,14-15H,2-6,9,11,18H2,1H3/t14-,15-/m1/s1. The third kappa shape index (κ3) is 2.35. The van der Waals surface area contributed by atoms with Gasteiger partial charge in [-0.1, -0.05) is 24.1 Å². The quantitative estimate of drug-likeness (QED) is 0.899. The molecule has 2 atom stereocenters. The van der Waals surface area contributed by atoms with Gasteiger partial charge in [0.05, 0.1) is 0 Å². The molecule has 20 heavy (non-hydrogen) atoms. The number of benzene rings is 1. The maximum absolute atomic E-state index is 12.9. The summed E-state index contributed by atoms with van der Waals surface area (Å²) in [7, 11) is 0. The number of anilines is 1. The van der Waals surface area contributed by atoms with Crippen LogP contribution in [0.15, 0.2) is 18.2 Å². The molecule has 1 aromatic rings. The number of hydrogen-bond donors (Lipinski definition) is 1. The largest absolute Gasteiger partial charge is 0.330 e. The lowest BCUT2D eigenvalue weighted by molar-refractivity contribution is -0.123. The third-order valence-electron chi connectivity index (χ3n) is 4.90. The maximum Gasteiger partial charge on any atom is 0.230 e. The number of hydrogen-bond acceptors (Lipinski definition) is 2. The average molecular weight is 272 g/mol. The molecule has 0 saturated heterocycles. The fourth-order valence-corrected chi connectivity index (χ4v) is 3.80. The van der Waals surface area contributed by atoms with E-state index in [1.54, 1.807) is 0 Å². The van der Waals surface area contributed by atoms with Crippen LogP contribution >= 0.6 is 0 Å². The Bertz CT molecular complexity index is 512. The molecule has 1 aromatic carbocycles. The van der Waals surface area contributed by atoms with E-state index in [1.165, 1.54) is 11.1 Å². The van der Waals surface area contributed by atoms with Crippen molar-refractivity contribution in [2.24, 2.45) is 17.6 Å². The van der Waals surface area contributed by atoms with Gasteiger partial charge in [-0.25, -0.2) is 0 Å². The van der Waals surface area contributed by atoms with Crippen LogP contribution in [0.1, 0.15) is 36.8 Å². The van der Waals surface area contributed by atoms with Gasteiger partial charge in [0, 0.05) is 18.2 Å². The van der Waals surface area contributed by atoms with Gasteiger partial charge in [-0.3, -0.25) is 4.79 Å². The molecule has 108 valence electrons. The molecule has 0 bridgehead atoms. The summed E-state index contributed by atoms with van der Waals surface area (Å²) >= 11 is 0. The molecule has 3 rings (SSSR count). The van der Waals surface area contributed by atoms with Crippen molar-refractivity contribution in [1.29, 1.82) is 0 Å². The first-order valence-electron chi connectivity index (χ1n) is 7.81. The summed E-state index contributed by atoms with van der Waals surface area (Å²) in [4.78, 5) is 14.9. The lowest BCUT2D eigenvalue weighted by Crippen LogP contribution is -2.41. The summed E-state index contributed by atoms with van der Waals surface area (Å²) in [5.41, 5.74) is 9.57. The van der Waals surface area contributed by atoms with Crippen LogP contribution in [0, 0.1) is 18.8 Å². The van der Waals surface area contributed by atoms with Crippen LogP contribution < -0.4 is 10.6 Å². The average Bonchev–Trinajstić information content (AvgIpc) is 2.94. The fourth-order valence-electron chi connectivity index (χ4n) is 3.80. The molecule has 1 heterocycles. The van der Waals surface area contributed by atoms with Crippen LogP contribution in [0.25, 0.3) is 0 Å². The molecule has 1 fully saturated rings. The molecule has 1 aliphatic heterocycles. The van der Waals surface area contributed by atoms with E-state index in [2.05, 4.69) is 25.1 Å². The number of fused-ring (bicyclic) bond motifs is 1. The SMILES string of the molecule is Cc1ccc2c(c1)CCCN2C(=O)[C@@H]1CCC[C@@H]1CN. The van der Waals surface area contributed by atoms with Gasteiger partial charge in [0.2, 0.25) is 5.91 Å². The highest BCUT2D eigenvalue weighted by Gasteiger charge is 2.36. The Labute approximate surface area is 121 Å². The smallest absolute Gasteiger partial charge is 0.230 e. The van der Waals surface area contributed by atoms with Crippen molar-refractivity contribution >= 4 is 11.6 Å². The minimum absolute atomic E-state index is 0.146. The minimum Gasteiger partial charge on any atom is -0.330 e. The Hall–Kier alpha value is -1.35. The zero-order chi connectivity index (χ0) is 14.1. The van der Waals surface area contributed by atoms with Crippen LogP contribution in [-0.4, -0.2) is 19.0 Å². The topological polar surface area (TPSA) is 46.3 Å². The van der Waals surface area contributed by atoms with Gasteiger partial charge < -0.3 is 10.6 Å². The van der Waals surface area contributed by atoms with Gasteiger partial charge in [-0.05, 0) is 56.7 Å². The van der Waals surface area contributed by atoms with Gasteiger partial charge in [0.1, 0.15) is 0 Å². The zero-order valence-corrected chi connectivity index (χ0v) is 12.3. The number of nitrogens with two attached hydrogens (primary N) is 1. The monoisotopic (exact) mass is 272 g/mol. The molecular formula is C17H24N2O. The normalized spacial score (nSPS) is 25.6. The van der Waals surface area contributed by atoms with Crippen molar-refractivity contribution in [1.82, 2.24) is 0 Å². The molecule has 3 nitrogen and oxygen atoms in total. The maximum atomic E-state index is 12.9. The molecule has 0 unspecified atom stereocenters. The van der Waals surface area contributed by atoms with E-state index in [4.69, 9.17) is 5.73 Å². The molecule has 0 radical (unpaired) electrons. The van der Waals surface area contributed by atoms with Gasteiger partial charge in [-0.2, -0.15) is 0 Å². The highest BCUT2D eigenvalue weighted by molar-refractivity contribution is 5.96. The van der Waals surface area contributed by atoms with Crippen molar-refractivity contribution in [3.63, 3.8) is 0 Å². The Morgan fingerprint density at radius 3 is 3.00 bits per heavy atom. The molecule has 2 aliphatic rings. The van der Waals surface area contributed by atoms with E-state index >= 15 is 0 Å². The summed E-state index contributed by atoms with van der Waals surface area (Å²) in [5, 5.41) is 0. The van der Waals surface area contributed by atoms with Gasteiger partial charge in [0.25, 0.3) is 0 Å². The van der Waals surface area contributed by atoms with Gasteiger partial charge >= 0.3 is 0 Å². The van der Waals surface area contributed by atoms with Gasteiger partial charge in [-0.15, -0.1) is 0 Å². The highest BCUT2D eigenvalue weighted by Crippen LogP contribution is 2.36. The predicted molar refractivity (Wildman–Crippen MR) is 81.7 cm³/mol. The molecule has 1 aliphatic carbocycles. The molecule has 2 N–H and O–H groups in total. The van der Waals surface area contributed by atoms with Crippen molar-refractivity contribution in [2.75, 3.05) is 18.0 Å². The lowest BCUT2D eigenvalue weighted by atomic mass is 9.92. The highest BCUT2D eigenvalue weighted by atomic mass is 16.2. The summed E-state index contributed by atoms with van der Waals surface area (Å²) < 4.78 is 0. The van der Waals surface area contributed by atoms with Gasteiger partial charge in [0.15, 0.2) is 0 Å². The van der Waals surface area contributed by atoms with Crippen LogP contribution in [0.3, 0.4) is 0 Å².